The molecule has 0 fully saturated rings. The average Bonchev–Trinajstić information content (AvgIpc) is 2.20. The average molecular weight is 187 g/mol. The van der Waals surface area contributed by atoms with Crippen molar-refractivity contribution in [3.8, 4) is 6.07 Å². The number of nitrogens with one attached hydrogen (secondary N) is 1. The van der Waals surface area contributed by atoms with Gasteiger partial charge in [0.05, 0.1) is 23.0 Å². The molecule has 1 unspecified atom stereocenters. The van der Waals surface area contributed by atoms with E-state index in [2.05, 4.69) is 11.9 Å². The minimum Gasteiger partial charge on any atom is -0.397 e. The standard InChI is InChI=1S/C11H13N3/c1-3-8(2)14-11-5-4-9(7-12)6-10(11)13/h3-6,8,14H,1,13H2,2H3. The Labute approximate surface area is 83.8 Å². The lowest BCUT2D eigenvalue weighted by molar-refractivity contribution is 1.00. The van der Waals surface area contributed by atoms with Crippen molar-refractivity contribution in [2.45, 2.75) is 13.0 Å². The van der Waals surface area contributed by atoms with Gasteiger partial charge >= 0.3 is 0 Å². The summed E-state index contributed by atoms with van der Waals surface area (Å²) in [6, 6.07) is 7.37. The monoisotopic (exact) mass is 187 g/mol. The Bertz CT molecular complexity index is 377. The topological polar surface area (TPSA) is 61.8 Å². The van der Waals surface area contributed by atoms with Crippen LogP contribution in [0.15, 0.2) is 30.9 Å². The van der Waals surface area contributed by atoms with Gasteiger partial charge in [-0.15, -0.1) is 6.58 Å². The second-order valence-corrected chi connectivity index (χ2v) is 3.08. The molecule has 1 atom stereocenters. The molecule has 3 N–H and O–H groups in total. The van der Waals surface area contributed by atoms with E-state index in [9.17, 15) is 0 Å². The number of nitriles is 1. The van der Waals surface area contributed by atoms with E-state index in [1.807, 2.05) is 13.0 Å². The zero-order valence-corrected chi connectivity index (χ0v) is 8.12. The molecular weight excluding hydrogens is 174 g/mol. The van der Waals surface area contributed by atoms with Gasteiger partial charge in [0.2, 0.25) is 0 Å². The van der Waals surface area contributed by atoms with E-state index >= 15 is 0 Å². The van der Waals surface area contributed by atoms with Gasteiger partial charge in [-0.05, 0) is 25.1 Å². The Morgan fingerprint density at radius 1 is 1.64 bits per heavy atom. The summed E-state index contributed by atoms with van der Waals surface area (Å²) in [5.74, 6) is 0. The zero-order valence-electron chi connectivity index (χ0n) is 8.12. The van der Waals surface area contributed by atoms with Crippen LogP contribution in [0.25, 0.3) is 0 Å². The molecular formula is C11H13N3. The highest BCUT2D eigenvalue weighted by atomic mass is 14.9. The second-order valence-electron chi connectivity index (χ2n) is 3.08. The predicted octanol–water partition coefficient (Wildman–Crippen LogP) is 2.13. The number of nitrogens with zero attached hydrogens (tertiary/aromatic N) is 1. The van der Waals surface area contributed by atoms with Crippen molar-refractivity contribution >= 4 is 11.4 Å². The van der Waals surface area contributed by atoms with E-state index in [4.69, 9.17) is 11.0 Å². The highest BCUT2D eigenvalue weighted by Crippen LogP contribution is 2.20. The fourth-order valence-electron chi connectivity index (χ4n) is 1.07. The van der Waals surface area contributed by atoms with Gasteiger partial charge in [-0.1, -0.05) is 6.08 Å². The molecule has 72 valence electrons. The molecule has 1 aromatic carbocycles. The summed E-state index contributed by atoms with van der Waals surface area (Å²) in [6.07, 6.45) is 1.79. The molecule has 0 saturated heterocycles. The lowest BCUT2D eigenvalue weighted by Crippen LogP contribution is -2.12. The molecule has 0 saturated carbocycles. The summed E-state index contributed by atoms with van der Waals surface area (Å²) < 4.78 is 0. The number of rotatable bonds is 3. The summed E-state index contributed by atoms with van der Waals surface area (Å²) in [4.78, 5) is 0. The van der Waals surface area contributed by atoms with Crippen LogP contribution in [0.5, 0.6) is 0 Å². The zero-order chi connectivity index (χ0) is 10.6. The number of nitrogen functional groups attached to an aromatic ring is 1. The minimum absolute atomic E-state index is 0.158. The smallest absolute Gasteiger partial charge is 0.0992 e. The molecule has 0 radical (unpaired) electrons. The van der Waals surface area contributed by atoms with Crippen LogP contribution in [-0.2, 0) is 0 Å². The summed E-state index contributed by atoms with van der Waals surface area (Å²) >= 11 is 0. The molecule has 1 aromatic rings. The summed E-state index contributed by atoms with van der Waals surface area (Å²) in [5, 5.41) is 11.8. The molecule has 0 bridgehead atoms. The molecule has 0 amide bonds. The molecule has 0 heterocycles. The van der Waals surface area contributed by atoms with Gasteiger partial charge in [0.1, 0.15) is 0 Å². The maximum Gasteiger partial charge on any atom is 0.0992 e. The van der Waals surface area contributed by atoms with E-state index in [1.165, 1.54) is 0 Å². The molecule has 1 rings (SSSR count). The van der Waals surface area contributed by atoms with Crippen LogP contribution in [0.1, 0.15) is 12.5 Å². The van der Waals surface area contributed by atoms with Gasteiger partial charge < -0.3 is 11.1 Å². The van der Waals surface area contributed by atoms with Crippen LogP contribution < -0.4 is 11.1 Å². The van der Waals surface area contributed by atoms with Crippen LogP contribution in [0.2, 0.25) is 0 Å². The minimum atomic E-state index is 0.158. The number of nitrogens with two attached hydrogens (primary N) is 1. The van der Waals surface area contributed by atoms with E-state index in [1.54, 1.807) is 24.3 Å². The molecule has 3 heteroatoms. The first-order chi connectivity index (χ1) is 6.67. The Hall–Kier alpha value is -1.95. The highest BCUT2D eigenvalue weighted by Gasteiger charge is 2.02. The number of hydrogen-bond acceptors (Lipinski definition) is 3. The molecule has 0 aliphatic rings. The largest absolute Gasteiger partial charge is 0.397 e. The lowest BCUT2D eigenvalue weighted by Gasteiger charge is -2.12. The van der Waals surface area contributed by atoms with Crippen molar-refractivity contribution in [2.75, 3.05) is 11.1 Å². The number of anilines is 2. The van der Waals surface area contributed by atoms with Crippen molar-refractivity contribution in [1.29, 1.82) is 5.26 Å². The molecule has 0 spiro atoms. The van der Waals surface area contributed by atoms with Crippen molar-refractivity contribution in [2.24, 2.45) is 0 Å². The number of hydrogen-bond donors (Lipinski definition) is 2. The molecule has 14 heavy (non-hydrogen) atoms. The third-order valence-corrected chi connectivity index (χ3v) is 1.92. The predicted molar refractivity (Wildman–Crippen MR) is 58.9 cm³/mol. The normalized spacial score (nSPS) is 11.4. The molecule has 0 aliphatic carbocycles. The van der Waals surface area contributed by atoms with E-state index in [0.717, 1.165) is 5.69 Å². The van der Waals surface area contributed by atoms with E-state index < -0.39 is 0 Å². The van der Waals surface area contributed by atoms with Gasteiger partial charge in [-0.25, -0.2) is 0 Å². The van der Waals surface area contributed by atoms with Gasteiger partial charge in [0, 0.05) is 6.04 Å². The van der Waals surface area contributed by atoms with Crippen LogP contribution >= 0.6 is 0 Å². The molecule has 3 nitrogen and oxygen atoms in total. The summed E-state index contributed by atoms with van der Waals surface area (Å²) in [5.41, 5.74) is 7.73. The maximum atomic E-state index is 8.64. The third kappa shape index (κ3) is 2.27. The number of benzene rings is 1. The van der Waals surface area contributed by atoms with Gasteiger partial charge in [0.15, 0.2) is 0 Å². The fourth-order valence-corrected chi connectivity index (χ4v) is 1.07. The first-order valence-corrected chi connectivity index (χ1v) is 4.36. The van der Waals surface area contributed by atoms with Crippen LogP contribution in [0.3, 0.4) is 0 Å². The second kappa shape index (κ2) is 4.33. The first kappa shape index (κ1) is 10.1. The Kier molecular flexibility index (Phi) is 3.14. The Morgan fingerprint density at radius 3 is 2.86 bits per heavy atom. The van der Waals surface area contributed by atoms with Crippen LogP contribution in [-0.4, -0.2) is 6.04 Å². The molecule has 0 aliphatic heterocycles. The third-order valence-electron chi connectivity index (χ3n) is 1.92. The van der Waals surface area contributed by atoms with Crippen LogP contribution in [0, 0.1) is 11.3 Å². The van der Waals surface area contributed by atoms with E-state index in [0.29, 0.717) is 11.3 Å². The Morgan fingerprint density at radius 2 is 2.36 bits per heavy atom. The quantitative estimate of drug-likeness (QED) is 0.563. The Balaban J connectivity index is 2.90. The highest BCUT2D eigenvalue weighted by molar-refractivity contribution is 5.68. The maximum absolute atomic E-state index is 8.64. The first-order valence-electron chi connectivity index (χ1n) is 4.36. The van der Waals surface area contributed by atoms with Crippen molar-refractivity contribution in [3.63, 3.8) is 0 Å². The van der Waals surface area contributed by atoms with Gasteiger partial charge in [-0.3, -0.25) is 0 Å². The van der Waals surface area contributed by atoms with Crippen LogP contribution in [0.4, 0.5) is 11.4 Å². The summed E-state index contributed by atoms with van der Waals surface area (Å²) in [6.45, 7) is 5.64. The molecule has 0 aromatic heterocycles. The fraction of sp³-hybridized carbons (Fsp3) is 0.182. The van der Waals surface area contributed by atoms with Crippen molar-refractivity contribution < 1.29 is 0 Å². The van der Waals surface area contributed by atoms with E-state index in [-0.39, 0.29) is 6.04 Å². The van der Waals surface area contributed by atoms with Gasteiger partial charge in [0.25, 0.3) is 0 Å². The SMILES string of the molecule is C=CC(C)Nc1ccc(C#N)cc1N. The summed E-state index contributed by atoms with van der Waals surface area (Å²) in [7, 11) is 0. The lowest BCUT2D eigenvalue weighted by atomic mass is 10.2. The van der Waals surface area contributed by atoms with Crippen molar-refractivity contribution in [1.82, 2.24) is 0 Å². The van der Waals surface area contributed by atoms with Gasteiger partial charge in [-0.2, -0.15) is 5.26 Å². The van der Waals surface area contributed by atoms with Crippen molar-refractivity contribution in [3.05, 3.63) is 36.4 Å².